The van der Waals surface area contributed by atoms with Crippen LogP contribution < -0.4 is 10.6 Å². The van der Waals surface area contributed by atoms with Crippen LogP contribution in [-0.2, 0) is 11.2 Å². The first-order valence-corrected chi connectivity index (χ1v) is 7.31. The predicted molar refractivity (Wildman–Crippen MR) is 84.4 cm³/mol. The molecule has 21 heavy (non-hydrogen) atoms. The third-order valence-electron chi connectivity index (χ3n) is 3.42. The van der Waals surface area contributed by atoms with Crippen molar-refractivity contribution in [1.82, 2.24) is 5.32 Å². The Morgan fingerprint density at radius 3 is 2.52 bits per heavy atom. The Labute approximate surface area is 126 Å². The SMILES string of the molecule is CC(C)(C)CC(C)(C)NC(=O)c1ccc2c(c1)NC(=O)C2. The third-order valence-corrected chi connectivity index (χ3v) is 3.42. The summed E-state index contributed by atoms with van der Waals surface area (Å²) in [6, 6.07) is 5.38. The number of carbonyl (C=O) groups excluding carboxylic acids is 2. The number of hydrogen-bond donors (Lipinski definition) is 2. The van der Waals surface area contributed by atoms with Crippen molar-refractivity contribution in [1.29, 1.82) is 0 Å². The van der Waals surface area contributed by atoms with Crippen molar-refractivity contribution in [2.24, 2.45) is 5.41 Å². The molecule has 2 N–H and O–H groups in total. The molecule has 2 amide bonds. The summed E-state index contributed by atoms with van der Waals surface area (Å²) in [4.78, 5) is 23.8. The standard InChI is InChI=1S/C17H24N2O2/c1-16(2,3)10-17(4,5)19-15(21)12-7-6-11-9-14(20)18-13(11)8-12/h6-8H,9-10H2,1-5H3,(H,18,20)(H,19,21). The van der Waals surface area contributed by atoms with Gasteiger partial charge in [0.1, 0.15) is 0 Å². The van der Waals surface area contributed by atoms with E-state index in [0.717, 1.165) is 17.7 Å². The van der Waals surface area contributed by atoms with Crippen molar-refractivity contribution in [2.75, 3.05) is 5.32 Å². The lowest BCUT2D eigenvalue weighted by atomic mass is 9.81. The first-order valence-electron chi connectivity index (χ1n) is 7.31. The van der Waals surface area contributed by atoms with Crippen LogP contribution in [0.3, 0.4) is 0 Å². The molecule has 114 valence electrons. The molecule has 0 bridgehead atoms. The number of benzene rings is 1. The fourth-order valence-corrected chi connectivity index (χ4v) is 3.11. The lowest BCUT2D eigenvalue weighted by molar-refractivity contribution is -0.115. The minimum absolute atomic E-state index is 0.0179. The molecule has 0 saturated heterocycles. The van der Waals surface area contributed by atoms with Crippen molar-refractivity contribution in [3.05, 3.63) is 29.3 Å². The molecule has 0 fully saturated rings. The average Bonchev–Trinajstić information content (AvgIpc) is 2.63. The van der Waals surface area contributed by atoms with Crippen molar-refractivity contribution < 1.29 is 9.59 Å². The molecule has 0 aromatic heterocycles. The molecule has 1 heterocycles. The van der Waals surface area contributed by atoms with Crippen molar-refractivity contribution >= 4 is 17.5 Å². The Hall–Kier alpha value is -1.84. The van der Waals surface area contributed by atoms with E-state index < -0.39 is 0 Å². The first kappa shape index (κ1) is 15.5. The van der Waals surface area contributed by atoms with Crippen LogP contribution in [0, 0.1) is 5.41 Å². The highest BCUT2D eigenvalue weighted by Crippen LogP contribution is 2.28. The van der Waals surface area contributed by atoms with Crippen LogP contribution in [-0.4, -0.2) is 17.4 Å². The minimum atomic E-state index is -0.280. The largest absolute Gasteiger partial charge is 0.347 e. The number of amides is 2. The van der Waals surface area contributed by atoms with Gasteiger partial charge in [0.25, 0.3) is 5.91 Å². The maximum atomic E-state index is 12.4. The summed E-state index contributed by atoms with van der Waals surface area (Å²) >= 11 is 0. The van der Waals surface area contributed by atoms with Crippen LogP contribution in [0.5, 0.6) is 0 Å². The molecule has 0 spiro atoms. The number of carbonyl (C=O) groups is 2. The molecule has 0 unspecified atom stereocenters. The van der Waals surface area contributed by atoms with E-state index in [0.29, 0.717) is 12.0 Å². The van der Waals surface area contributed by atoms with E-state index in [1.807, 2.05) is 19.9 Å². The van der Waals surface area contributed by atoms with Gasteiger partial charge < -0.3 is 10.6 Å². The molecule has 0 saturated carbocycles. The predicted octanol–water partition coefficient (Wildman–Crippen LogP) is 3.13. The zero-order chi connectivity index (χ0) is 15.8. The first-order chi connectivity index (χ1) is 9.56. The fraction of sp³-hybridized carbons (Fsp3) is 0.529. The van der Waals surface area contributed by atoms with Crippen LogP contribution in [0.25, 0.3) is 0 Å². The molecule has 2 rings (SSSR count). The summed E-state index contributed by atoms with van der Waals surface area (Å²) in [5, 5.41) is 5.85. The summed E-state index contributed by atoms with van der Waals surface area (Å²) in [5.74, 6) is -0.121. The highest BCUT2D eigenvalue weighted by Gasteiger charge is 2.28. The number of fused-ring (bicyclic) bond motifs is 1. The molecule has 1 aromatic rings. The van der Waals surface area contributed by atoms with Gasteiger partial charge in [-0.05, 0) is 43.4 Å². The lowest BCUT2D eigenvalue weighted by Crippen LogP contribution is -2.45. The van der Waals surface area contributed by atoms with Gasteiger partial charge in [0.2, 0.25) is 5.91 Å². The van der Waals surface area contributed by atoms with Crippen LogP contribution >= 0.6 is 0 Å². The van der Waals surface area contributed by atoms with Crippen LogP contribution in [0.4, 0.5) is 5.69 Å². The van der Waals surface area contributed by atoms with E-state index in [1.165, 1.54) is 0 Å². The second-order valence-electron chi connectivity index (χ2n) is 7.67. The molecule has 4 heteroatoms. The lowest BCUT2D eigenvalue weighted by Gasteiger charge is -2.33. The molecular weight excluding hydrogens is 264 g/mol. The number of nitrogens with one attached hydrogen (secondary N) is 2. The maximum absolute atomic E-state index is 12.4. The van der Waals surface area contributed by atoms with Crippen LogP contribution in [0.1, 0.15) is 57.0 Å². The van der Waals surface area contributed by atoms with Gasteiger partial charge in [0.05, 0.1) is 6.42 Å². The van der Waals surface area contributed by atoms with Crippen LogP contribution in [0.2, 0.25) is 0 Å². The molecule has 1 aromatic carbocycles. The molecular formula is C17H24N2O2. The van der Waals surface area contributed by atoms with Gasteiger partial charge in [-0.15, -0.1) is 0 Å². The van der Waals surface area contributed by atoms with Gasteiger partial charge in [-0.3, -0.25) is 9.59 Å². The zero-order valence-corrected chi connectivity index (χ0v) is 13.5. The van der Waals surface area contributed by atoms with E-state index in [1.54, 1.807) is 12.1 Å². The second-order valence-corrected chi connectivity index (χ2v) is 7.67. The van der Waals surface area contributed by atoms with Gasteiger partial charge >= 0.3 is 0 Å². The highest BCUT2D eigenvalue weighted by atomic mass is 16.2. The number of anilines is 1. The van der Waals surface area contributed by atoms with Gasteiger partial charge in [-0.1, -0.05) is 26.8 Å². The smallest absolute Gasteiger partial charge is 0.251 e. The quantitative estimate of drug-likeness (QED) is 0.897. The van der Waals surface area contributed by atoms with Crippen molar-refractivity contribution in [3.63, 3.8) is 0 Å². The van der Waals surface area contributed by atoms with Gasteiger partial charge in [-0.2, -0.15) is 0 Å². The Balaban J connectivity index is 2.11. The van der Waals surface area contributed by atoms with Gasteiger partial charge in [-0.25, -0.2) is 0 Å². The second kappa shape index (κ2) is 5.17. The number of rotatable bonds is 3. The monoisotopic (exact) mass is 288 g/mol. The van der Waals surface area contributed by atoms with Crippen molar-refractivity contribution in [3.8, 4) is 0 Å². The Kier molecular flexibility index (Phi) is 3.83. The Bertz CT molecular complexity index is 583. The molecule has 4 nitrogen and oxygen atoms in total. The summed E-state index contributed by atoms with van der Waals surface area (Å²) in [7, 11) is 0. The molecule has 0 radical (unpaired) electrons. The summed E-state index contributed by atoms with van der Waals surface area (Å²) in [6.07, 6.45) is 1.28. The Morgan fingerprint density at radius 2 is 1.90 bits per heavy atom. The topological polar surface area (TPSA) is 58.2 Å². The molecule has 1 aliphatic rings. The maximum Gasteiger partial charge on any atom is 0.251 e. The summed E-state index contributed by atoms with van der Waals surface area (Å²) in [5.41, 5.74) is 2.14. The van der Waals surface area contributed by atoms with E-state index in [2.05, 4.69) is 31.4 Å². The fourth-order valence-electron chi connectivity index (χ4n) is 3.11. The molecule has 1 aliphatic heterocycles. The van der Waals surface area contributed by atoms with E-state index >= 15 is 0 Å². The van der Waals surface area contributed by atoms with Gasteiger partial charge in [0.15, 0.2) is 0 Å². The Morgan fingerprint density at radius 1 is 1.24 bits per heavy atom. The molecule has 0 atom stereocenters. The van der Waals surface area contributed by atoms with E-state index in [-0.39, 0.29) is 22.8 Å². The third kappa shape index (κ3) is 4.06. The summed E-state index contributed by atoms with van der Waals surface area (Å²) < 4.78 is 0. The average molecular weight is 288 g/mol. The normalized spacial score (nSPS) is 14.6. The van der Waals surface area contributed by atoms with E-state index in [9.17, 15) is 9.59 Å². The van der Waals surface area contributed by atoms with Gasteiger partial charge in [0, 0.05) is 16.8 Å². The number of hydrogen-bond acceptors (Lipinski definition) is 2. The summed E-state index contributed by atoms with van der Waals surface area (Å²) in [6.45, 7) is 10.5. The highest BCUT2D eigenvalue weighted by molar-refractivity contribution is 6.02. The minimum Gasteiger partial charge on any atom is -0.347 e. The van der Waals surface area contributed by atoms with Crippen LogP contribution in [0.15, 0.2) is 18.2 Å². The zero-order valence-electron chi connectivity index (χ0n) is 13.5. The molecule has 0 aliphatic carbocycles. The van der Waals surface area contributed by atoms with Crippen molar-refractivity contribution in [2.45, 2.75) is 53.0 Å². The van der Waals surface area contributed by atoms with E-state index in [4.69, 9.17) is 0 Å².